The van der Waals surface area contributed by atoms with Gasteiger partial charge < -0.3 is 10.6 Å². The van der Waals surface area contributed by atoms with Crippen molar-refractivity contribution in [1.29, 1.82) is 0 Å². The van der Waals surface area contributed by atoms with Crippen LogP contribution in [-0.4, -0.2) is 28.9 Å². The van der Waals surface area contributed by atoms with Gasteiger partial charge in [-0.25, -0.2) is 0 Å². The molecule has 0 aromatic heterocycles. The Kier molecular flexibility index (Phi) is 5.64. The zero-order valence-electron chi connectivity index (χ0n) is 12.5. The van der Waals surface area contributed by atoms with Crippen LogP contribution >= 0.6 is 0 Å². The summed E-state index contributed by atoms with van der Waals surface area (Å²) in [5.74, 6) is 1.03. The number of likely N-dealkylation sites (tertiary alicyclic amines) is 1. The van der Waals surface area contributed by atoms with Gasteiger partial charge in [-0.15, -0.1) is 0 Å². The predicted molar refractivity (Wildman–Crippen MR) is 76.3 cm³/mol. The van der Waals surface area contributed by atoms with Crippen molar-refractivity contribution in [2.75, 3.05) is 6.54 Å². The first-order valence-electron chi connectivity index (χ1n) is 7.41. The minimum Gasteiger partial charge on any atom is -0.336 e. The average Bonchev–Trinajstić information content (AvgIpc) is 2.27. The van der Waals surface area contributed by atoms with Gasteiger partial charge in [-0.1, -0.05) is 26.7 Å². The third-order valence-electron chi connectivity index (χ3n) is 4.22. The second kappa shape index (κ2) is 6.55. The van der Waals surface area contributed by atoms with Crippen molar-refractivity contribution < 1.29 is 4.79 Å². The van der Waals surface area contributed by atoms with Gasteiger partial charge in [0.1, 0.15) is 0 Å². The molecule has 1 atom stereocenters. The number of nitrogens with two attached hydrogens (primary N) is 1. The quantitative estimate of drug-likeness (QED) is 0.767. The van der Waals surface area contributed by atoms with Crippen molar-refractivity contribution in [3.05, 3.63) is 0 Å². The molecule has 2 N–H and O–H groups in total. The number of hydrogen-bond acceptors (Lipinski definition) is 2. The lowest BCUT2D eigenvalue weighted by Crippen LogP contribution is -2.61. The summed E-state index contributed by atoms with van der Waals surface area (Å²) in [6.07, 6.45) is 6.15. The Hall–Kier alpha value is -0.570. The molecular formula is C15H30N2O. The molecule has 1 rings (SSSR count). The van der Waals surface area contributed by atoms with E-state index >= 15 is 0 Å². The van der Waals surface area contributed by atoms with E-state index in [1.807, 2.05) is 4.90 Å². The van der Waals surface area contributed by atoms with E-state index in [1.54, 1.807) is 0 Å². The van der Waals surface area contributed by atoms with Crippen LogP contribution in [0.15, 0.2) is 0 Å². The van der Waals surface area contributed by atoms with Crippen molar-refractivity contribution in [3.63, 3.8) is 0 Å². The Balaban J connectivity index is 2.40. The van der Waals surface area contributed by atoms with Crippen LogP contribution in [0.3, 0.4) is 0 Å². The van der Waals surface area contributed by atoms with Gasteiger partial charge in [0, 0.05) is 19.0 Å². The normalized spacial score (nSPS) is 23.4. The Morgan fingerprint density at radius 2 is 2.06 bits per heavy atom. The molecule has 0 aliphatic carbocycles. The molecule has 0 bridgehead atoms. The molecule has 1 saturated heterocycles. The SMILES string of the molecule is CC(C)CCCCC(=O)N1CCCC(N)C1(C)C. The second-order valence-electron chi connectivity index (χ2n) is 6.59. The van der Waals surface area contributed by atoms with Crippen molar-refractivity contribution in [3.8, 4) is 0 Å². The van der Waals surface area contributed by atoms with Crippen LogP contribution in [0.4, 0.5) is 0 Å². The van der Waals surface area contributed by atoms with Crippen LogP contribution in [0.5, 0.6) is 0 Å². The number of amides is 1. The lowest BCUT2D eigenvalue weighted by atomic mass is 9.85. The van der Waals surface area contributed by atoms with Crippen LogP contribution in [-0.2, 0) is 4.79 Å². The largest absolute Gasteiger partial charge is 0.336 e. The third kappa shape index (κ3) is 3.98. The highest BCUT2D eigenvalue weighted by Gasteiger charge is 2.38. The molecule has 1 aliphatic rings. The maximum Gasteiger partial charge on any atom is 0.223 e. The highest BCUT2D eigenvalue weighted by Crippen LogP contribution is 2.27. The molecule has 0 aromatic rings. The molecular weight excluding hydrogens is 224 g/mol. The zero-order chi connectivity index (χ0) is 13.8. The first-order chi connectivity index (χ1) is 8.35. The predicted octanol–water partition coefficient (Wildman–Crippen LogP) is 2.93. The fraction of sp³-hybridized carbons (Fsp3) is 0.933. The summed E-state index contributed by atoms with van der Waals surface area (Å²) >= 11 is 0. The molecule has 0 radical (unpaired) electrons. The van der Waals surface area contributed by atoms with Gasteiger partial charge >= 0.3 is 0 Å². The van der Waals surface area contributed by atoms with Crippen molar-refractivity contribution in [2.45, 2.75) is 77.8 Å². The average molecular weight is 254 g/mol. The smallest absolute Gasteiger partial charge is 0.223 e. The first kappa shape index (κ1) is 15.5. The number of piperidine rings is 1. The van der Waals surface area contributed by atoms with E-state index in [4.69, 9.17) is 5.73 Å². The summed E-state index contributed by atoms with van der Waals surface area (Å²) in [4.78, 5) is 14.3. The third-order valence-corrected chi connectivity index (χ3v) is 4.22. The van der Waals surface area contributed by atoms with Gasteiger partial charge in [-0.3, -0.25) is 4.79 Å². The standard InChI is InChI=1S/C15H30N2O/c1-12(2)8-5-6-10-14(18)17-11-7-9-13(16)15(17,3)4/h12-13H,5-11,16H2,1-4H3. The summed E-state index contributed by atoms with van der Waals surface area (Å²) < 4.78 is 0. The van der Waals surface area contributed by atoms with Crippen molar-refractivity contribution in [1.82, 2.24) is 4.90 Å². The molecule has 3 heteroatoms. The number of hydrogen-bond donors (Lipinski definition) is 1. The molecule has 18 heavy (non-hydrogen) atoms. The van der Waals surface area contributed by atoms with E-state index < -0.39 is 0 Å². The van der Waals surface area contributed by atoms with E-state index in [0.717, 1.165) is 38.1 Å². The molecule has 106 valence electrons. The van der Waals surface area contributed by atoms with Crippen LogP contribution < -0.4 is 5.73 Å². The van der Waals surface area contributed by atoms with Gasteiger partial charge in [-0.05, 0) is 39.0 Å². The minimum absolute atomic E-state index is 0.117. The van der Waals surface area contributed by atoms with Crippen LogP contribution in [0.1, 0.15) is 66.2 Å². The lowest BCUT2D eigenvalue weighted by molar-refractivity contribution is -0.139. The van der Waals surface area contributed by atoms with Gasteiger partial charge in [0.15, 0.2) is 0 Å². The zero-order valence-corrected chi connectivity index (χ0v) is 12.5. The highest BCUT2D eigenvalue weighted by molar-refractivity contribution is 5.77. The number of unbranched alkanes of at least 4 members (excludes halogenated alkanes) is 1. The minimum atomic E-state index is -0.173. The molecule has 1 aliphatic heterocycles. The first-order valence-corrected chi connectivity index (χ1v) is 7.41. The summed E-state index contributed by atoms with van der Waals surface area (Å²) in [6, 6.07) is 0.117. The Labute approximate surface area is 112 Å². The van der Waals surface area contributed by atoms with Crippen LogP contribution in [0.2, 0.25) is 0 Å². The maximum atomic E-state index is 12.3. The number of carbonyl (C=O) groups is 1. The van der Waals surface area contributed by atoms with Crippen LogP contribution in [0.25, 0.3) is 0 Å². The monoisotopic (exact) mass is 254 g/mol. The van der Waals surface area contributed by atoms with Crippen molar-refractivity contribution >= 4 is 5.91 Å². The molecule has 1 fully saturated rings. The van der Waals surface area contributed by atoms with E-state index in [0.29, 0.717) is 12.3 Å². The molecule has 1 amide bonds. The summed E-state index contributed by atoms with van der Waals surface area (Å²) in [5, 5.41) is 0. The van der Waals surface area contributed by atoms with E-state index in [9.17, 15) is 4.79 Å². The Morgan fingerprint density at radius 3 is 2.67 bits per heavy atom. The van der Waals surface area contributed by atoms with Crippen molar-refractivity contribution in [2.24, 2.45) is 11.7 Å². The lowest BCUT2D eigenvalue weighted by Gasteiger charge is -2.46. The summed E-state index contributed by atoms with van der Waals surface area (Å²) in [6.45, 7) is 9.54. The molecule has 1 heterocycles. The Bertz CT molecular complexity index is 274. The van der Waals surface area contributed by atoms with Gasteiger partial charge in [0.2, 0.25) is 5.91 Å². The fourth-order valence-electron chi connectivity index (χ4n) is 2.72. The number of carbonyl (C=O) groups excluding carboxylic acids is 1. The van der Waals surface area contributed by atoms with E-state index in [1.165, 1.54) is 6.42 Å². The second-order valence-corrected chi connectivity index (χ2v) is 6.59. The van der Waals surface area contributed by atoms with E-state index in [-0.39, 0.29) is 11.6 Å². The topological polar surface area (TPSA) is 46.3 Å². The molecule has 0 aromatic carbocycles. The van der Waals surface area contributed by atoms with Gasteiger partial charge in [0.05, 0.1) is 5.54 Å². The number of nitrogens with zero attached hydrogens (tertiary/aromatic N) is 1. The van der Waals surface area contributed by atoms with Gasteiger partial charge in [0.25, 0.3) is 0 Å². The Morgan fingerprint density at radius 1 is 1.39 bits per heavy atom. The van der Waals surface area contributed by atoms with E-state index in [2.05, 4.69) is 27.7 Å². The maximum absolute atomic E-state index is 12.3. The molecule has 1 unspecified atom stereocenters. The van der Waals surface area contributed by atoms with Crippen LogP contribution in [0, 0.1) is 5.92 Å². The molecule has 0 saturated carbocycles. The summed E-state index contributed by atoms with van der Waals surface area (Å²) in [7, 11) is 0. The fourth-order valence-corrected chi connectivity index (χ4v) is 2.72. The van der Waals surface area contributed by atoms with Gasteiger partial charge in [-0.2, -0.15) is 0 Å². The number of rotatable bonds is 5. The molecule has 3 nitrogen and oxygen atoms in total. The summed E-state index contributed by atoms with van der Waals surface area (Å²) in [5.41, 5.74) is 5.97. The molecule has 0 spiro atoms. The highest BCUT2D eigenvalue weighted by atomic mass is 16.2.